The van der Waals surface area contributed by atoms with Gasteiger partial charge in [0.25, 0.3) is 5.91 Å². The normalized spacial score (nSPS) is 11.6. The lowest BCUT2D eigenvalue weighted by molar-refractivity contribution is 0.0947. The highest BCUT2D eigenvalue weighted by Gasteiger charge is 2.23. The number of aromatic nitrogens is 2. The Morgan fingerprint density at radius 1 is 1.24 bits per heavy atom. The molecule has 1 N–H and O–H groups in total. The first kappa shape index (κ1) is 19.0. The largest absolute Gasteiger partial charge is 0.497 e. The number of ether oxygens (including phenoxy) is 1. The molecule has 0 saturated heterocycles. The van der Waals surface area contributed by atoms with Crippen molar-refractivity contribution in [1.29, 1.82) is 0 Å². The predicted octanol–water partition coefficient (Wildman–Crippen LogP) is 3.74. The number of methoxy groups -OCH3 is 1. The van der Waals surface area contributed by atoms with E-state index in [2.05, 4.69) is 45.0 Å². The fourth-order valence-electron chi connectivity index (χ4n) is 2.66. The first-order valence-corrected chi connectivity index (χ1v) is 8.74. The Kier molecular flexibility index (Phi) is 5.88. The van der Waals surface area contributed by atoms with Crippen LogP contribution in [0.4, 0.5) is 0 Å². The van der Waals surface area contributed by atoms with Crippen molar-refractivity contribution in [2.75, 3.05) is 13.7 Å². The molecule has 1 heterocycles. The van der Waals surface area contributed by atoms with Crippen molar-refractivity contribution in [3.63, 3.8) is 0 Å². The number of nitrogens with zero attached hydrogens (tertiary/aromatic N) is 2. The molecule has 0 aliphatic carbocycles. The maximum absolute atomic E-state index is 12.4. The number of hydrogen-bond donors (Lipinski definition) is 1. The molecule has 0 saturated carbocycles. The number of benzene rings is 1. The lowest BCUT2D eigenvalue weighted by atomic mass is 10.1. The van der Waals surface area contributed by atoms with Crippen molar-refractivity contribution >= 4 is 5.91 Å². The monoisotopic (exact) mass is 343 g/mol. The van der Waals surface area contributed by atoms with Crippen LogP contribution in [0.2, 0.25) is 0 Å². The summed E-state index contributed by atoms with van der Waals surface area (Å²) in [4.78, 5) is 12.4. The van der Waals surface area contributed by atoms with Gasteiger partial charge in [0.05, 0.1) is 12.6 Å². The third kappa shape index (κ3) is 4.84. The first-order chi connectivity index (χ1) is 11.7. The van der Waals surface area contributed by atoms with Crippen molar-refractivity contribution in [3.05, 3.63) is 47.3 Å². The van der Waals surface area contributed by atoms with Gasteiger partial charge in [-0.2, -0.15) is 5.10 Å². The molecule has 0 unspecified atom stereocenters. The van der Waals surface area contributed by atoms with Crippen LogP contribution in [0.15, 0.2) is 30.3 Å². The maximum Gasteiger partial charge on any atom is 0.271 e. The smallest absolute Gasteiger partial charge is 0.271 e. The van der Waals surface area contributed by atoms with Crippen LogP contribution in [0.5, 0.6) is 5.75 Å². The molecule has 1 aromatic carbocycles. The van der Waals surface area contributed by atoms with Crippen LogP contribution in [0.1, 0.15) is 62.3 Å². The summed E-state index contributed by atoms with van der Waals surface area (Å²) in [5, 5.41) is 7.50. The SMILES string of the molecule is COc1ccc(CCNC(=O)c2cc(C(C)C)n(C(C)(C)C)n2)cc1. The summed E-state index contributed by atoms with van der Waals surface area (Å²) in [6, 6.07) is 9.78. The van der Waals surface area contributed by atoms with E-state index >= 15 is 0 Å². The van der Waals surface area contributed by atoms with Crippen LogP contribution >= 0.6 is 0 Å². The summed E-state index contributed by atoms with van der Waals surface area (Å²) in [6.07, 6.45) is 0.771. The molecule has 0 spiro atoms. The van der Waals surface area contributed by atoms with Gasteiger partial charge in [-0.25, -0.2) is 0 Å². The van der Waals surface area contributed by atoms with Crippen LogP contribution in [0.3, 0.4) is 0 Å². The third-order valence-electron chi connectivity index (χ3n) is 4.05. The summed E-state index contributed by atoms with van der Waals surface area (Å²) < 4.78 is 7.10. The molecule has 2 aromatic rings. The standard InChI is InChI=1S/C20H29N3O2/c1-14(2)18-13-17(22-23(18)20(3,4)5)19(24)21-12-11-15-7-9-16(25-6)10-8-15/h7-10,13-14H,11-12H2,1-6H3,(H,21,24). The molecule has 0 aliphatic rings. The number of hydrogen-bond acceptors (Lipinski definition) is 3. The molecule has 5 heteroatoms. The summed E-state index contributed by atoms with van der Waals surface area (Å²) in [5.41, 5.74) is 2.56. The van der Waals surface area contributed by atoms with Crippen LogP contribution in [-0.2, 0) is 12.0 Å². The van der Waals surface area contributed by atoms with E-state index in [0.717, 1.165) is 23.4 Å². The lowest BCUT2D eigenvalue weighted by Gasteiger charge is -2.23. The highest BCUT2D eigenvalue weighted by Crippen LogP contribution is 2.23. The van der Waals surface area contributed by atoms with E-state index < -0.39 is 0 Å². The van der Waals surface area contributed by atoms with Gasteiger partial charge >= 0.3 is 0 Å². The Morgan fingerprint density at radius 2 is 1.88 bits per heavy atom. The Bertz CT molecular complexity index is 710. The maximum atomic E-state index is 12.4. The molecule has 0 fully saturated rings. The number of amides is 1. The minimum Gasteiger partial charge on any atom is -0.497 e. The van der Waals surface area contributed by atoms with Gasteiger partial charge < -0.3 is 10.1 Å². The molecule has 2 rings (SSSR count). The molecule has 0 bridgehead atoms. The van der Waals surface area contributed by atoms with Crippen LogP contribution < -0.4 is 10.1 Å². The van der Waals surface area contributed by atoms with Crippen LogP contribution in [0, 0.1) is 0 Å². The topological polar surface area (TPSA) is 56.1 Å². The second-order valence-electron chi connectivity index (χ2n) is 7.55. The number of rotatable bonds is 6. The molecule has 0 radical (unpaired) electrons. The molecule has 0 aliphatic heterocycles. The van der Waals surface area contributed by atoms with E-state index in [1.54, 1.807) is 7.11 Å². The summed E-state index contributed by atoms with van der Waals surface area (Å²) >= 11 is 0. The van der Waals surface area contributed by atoms with E-state index in [1.165, 1.54) is 0 Å². The summed E-state index contributed by atoms with van der Waals surface area (Å²) in [5.74, 6) is 1.02. The molecule has 1 amide bonds. The zero-order valence-electron chi connectivity index (χ0n) is 16.1. The van der Waals surface area contributed by atoms with E-state index in [9.17, 15) is 4.79 Å². The van der Waals surface area contributed by atoms with Crippen molar-refractivity contribution in [1.82, 2.24) is 15.1 Å². The third-order valence-corrected chi connectivity index (χ3v) is 4.05. The van der Waals surface area contributed by atoms with Gasteiger partial charge in [-0.05, 0) is 56.9 Å². The van der Waals surface area contributed by atoms with E-state index in [-0.39, 0.29) is 11.4 Å². The lowest BCUT2D eigenvalue weighted by Crippen LogP contribution is -2.28. The minimum absolute atomic E-state index is 0.126. The molecule has 136 valence electrons. The zero-order chi connectivity index (χ0) is 18.6. The van der Waals surface area contributed by atoms with Gasteiger partial charge in [-0.15, -0.1) is 0 Å². The minimum atomic E-state index is -0.152. The fraction of sp³-hybridized carbons (Fsp3) is 0.500. The molecule has 25 heavy (non-hydrogen) atoms. The Labute approximate surface area is 150 Å². The average Bonchev–Trinajstić information content (AvgIpc) is 3.01. The van der Waals surface area contributed by atoms with Gasteiger partial charge in [0.2, 0.25) is 0 Å². The summed E-state index contributed by atoms with van der Waals surface area (Å²) in [7, 11) is 1.65. The van der Waals surface area contributed by atoms with Crippen molar-refractivity contribution in [2.45, 2.75) is 52.5 Å². The highest BCUT2D eigenvalue weighted by molar-refractivity contribution is 5.92. The molecule has 5 nitrogen and oxygen atoms in total. The van der Waals surface area contributed by atoms with Gasteiger partial charge in [0.15, 0.2) is 0 Å². The molecule has 1 aromatic heterocycles. The number of carbonyl (C=O) groups is 1. The van der Waals surface area contributed by atoms with Crippen LogP contribution in [0.25, 0.3) is 0 Å². The van der Waals surface area contributed by atoms with Gasteiger partial charge in [0.1, 0.15) is 11.4 Å². The van der Waals surface area contributed by atoms with E-state index in [1.807, 2.05) is 35.0 Å². The van der Waals surface area contributed by atoms with E-state index in [0.29, 0.717) is 18.2 Å². The first-order valence-electron chi connectivity index (χ1n) is 8.74. The highest BCUT2D eigenvalue weighted by atomic mass is 16.5. The van der Waals surface area contributed by atoms with Gasteiger partial charge in [0, 0.05) is 12.2 Å². The van der Waals surface area contributed by atoms with Crippen molar-refractivity contribution in [2.24, 2.45) is 0 Å². The molecular weight excluding hydrogens is 314 g/mol. The second kappa shape index (κ2) is 7.72. The van der Waals surface area contributed by atoms with Crippen molar-refractivity contribution in [3.8, 4) is 5.75 Å². The predicted molar refractivity (Wildman–Crippen MR) is 100 cm³/mol. The van der Waals surface area contributed by atoms with Gasteiger partial charge in [-0.3, -0.25) is 9.48 Å². The number of carbonyl (C=O) groups excluding carboxylic acids is 1. The Hall–Kier alpha value is -2.30. The Balaban J connectivity index is 2.00. The van der Waals surface area contributed by atoms with Crippen molar-refractivity contribution < 1.29 is 9.53 Å². The van der Waals surface area contributed by atoms with Gasteiger partial charge in [-0.1, -0.05) is 26.0 Å². The molecular formula is C20H29N3O2. The quantitative estimate of drug-likeness (QED) is 0.869. The summed E-state index contributed by atoms with van der Waals surface area (Å²) in [6.45, 7) is 11.1. The molecule has 0 atom stereocenters. The van der Waals surface area contributed by atoms with Crippen LogP contribution in [-0.4, -0.2) is 29.3 Å². The van der Waals surface area contributed by atoms with E-state index in [4.69, 9.17) is 4.74 Å². The fourth-order valence-corrected chi connectivity index (χ4v) is 2.66. The average molecular weight is 343 g/mol. The Morgan fingerprint density at radius 3 is 2.36 bits per heavy atom. The number of nitrogens with one attached hydrogen (secondary N) is 1. The zero-order valence-corrected chi connectivity index (χ0v) is 16.1. The second-order valence-corrected chi connectivity index (χ2v) is 7.55.